The molecule has 0 fully saturated rings. The molecule has 4 aromatic carbocycles. The molecule has 0 amide bonds. The molecule has 0 saturated carbocycles. The van der Waals surface area contributed by atoms with E-state index in [2.05, 4.69) is 74.4 Å². The van der Waals surface area contributed by atoms with Gasteiger partial charge in [0, 0.05) is 38.6 Å². The number of para-hydroxylation sites is 3. The second-order valence-electron chi connectivity index (χ2n) is 6.77. The predicted molar refractivity (Wildman–Crippen MR) is 130 cm³/mol. The summed E-state index contributed by atoms with van der Waals surface area (Å²) in [4.78, 5) is 18.0. The van der Waals surface area contributed by atoms with E-state index in [4.69, 9.17) is 0 Å². The molecule has 0 spiro atoms. The van der Waals surface area contributed by atoms with Crippen molar-refractivity contribution in [1.82, 2.24) is 4.98 Å². The van der Waals surface area contributed by atoms with Crippen molar-refractivity contribution in [1.29, 1.82) is 0 Å². The van der Waals surface area contributed by atoms with Crippen LogP contribution in [0.3, 0.4) is 0 Å². The van der Waals surface area contributed by atoms with Crippen LogP contribution in [0.2, 0.25) is 0 Å². The fraction of sp³-hybridized carbons (Fsp3) is 0. The average molecular weight is 472 g/mol. The molecule has 0 aliphatic rings. The van der Waals surface area contributed by atoms with E-state index in [9.17, 15) is 10.1 Å². The Morgan fingerprint density at radius 3 is 1.94 bits per heavy atom. The molecule has 0 aliphatic heterocycles. The van der Waals surface area contributed by atoms with Gasteiger partial charge in [-0.25, -0.2) is 0 Å². The number of fused-ring (bicyclic) bond motifs is 3. The summed E-state index contributed by atoms with van der Waals surface area (Å²) in [6.07, 6.45) is 1.50. The lowest BCUT2D eigenvalue weighted by Crippen LogP contribution is -1.93. The zero-order valence-corrected chi connectivity index (χ0v) is 18.0. The van der Waals surface area contributed by atoms with Crippen LogP contribution in [0.25, 0.3) is 21.8 Å². The number of aromatic nitrogens is 1. The summed E-state index contributed by atoms with van der Waals surface area (Å²) in [7, 11) is 0. The molecule has 1 aromatic heterocycles. The van der Waals surface area contributed by atoms with Gasteiger partial charge in [0.2, 0.25) is 0 Å². The lowest BCUT2D eigenvalue weighted by Gasteiger charge is -1.97. The number of nitrogens with zero attached hydrogens (tertiary/aromatic N) is 2. The molecule has 5 rings (SSSR count). The quantitative estimate of drug-likeness (QED) is 0.169. The standard InChI is InChI=1S/C13H9BrN2O2.C12H9N/c14-11-5-7-12(8-6-11)15-9-10-3-1-2-4-13(10)16(17)18;1-3-7-11-9(5-1)10-6-2-4-8-12(10)13-11/h1-9H;1-8,13H/b15-9-;. The summed E-state index contributed by atoms with van der Waals surface area (Å²) >= 11 is 3.33. The smallest absolute Gasteiger partial charge is 0.278 e. The first kappa shape index (κ1) is 20.5. The Morgan fingerprint density at radius 1 is 0.774 bits per heavy atom. The number of nitro benzene ring substituents is 1. The van der Waals surface area contributed by atoms with Gasteiger partial charge in [-0.3, -0.25) is 15.1 Å². The number of aliphatic imine (C=N–C) groups is 1. The monoisotopic (exact) mass is 471 g/mol. The molecule has 0 saturated heterocycles. The number of aromatic amines is 1. The minimum atomic E-state index is -0.414. The summed E-state index contributed by atoms with van der Waals surface area (Å²) in [5, 5.41) is 13.4. The van der Waals surface area contributed by atoms with Crippen molar-refractivity contribution in [3.8, 4) is 0 Å². The Kier molecular flexibility index (Phi) is 6.19. The molecule has 31 heavy (non-hydrogen) atoms. The third-order valence-electron chi connectivity index (χ3n) is 4.73. The molecule has 152 valence electrons. The number of benzene rings is 4. The van der Waals surface area contributed by atoms with Gasteiger partial charge >= 0.3 is 0 Å². The molecule has 0 atom stereocenters. The molecule has 6 heteroatoms. The predicted octanol–water partition coefficient (Wildman–Crippen LogP) is 7.43. The van der Waals surface area contributed by atoms with E-state index >= 15 is 0 Å². The first-order chi connectivity index (χ1) is 15.1. The summed E-state index contributed by atoms with van der Waals surface area (Å²) in [5.74, 6) is 0. The van der Waals surface area contributed by atoms with Gasteiger partial charge in [0.25, 0.3) is 5.69 Å². The van der Waals surface area contributed by atoms with E-state index in [1.54, 1.807) is 18.2 Å². The molecular weight excluding hydrogens is 454 g/mol. The molecule has 0 aliphatic carbocycles. The molecule has 5 aromatic rings. The topological polar surface area (TPSA) is 71.3 Å². The summed E-state index contributed by atoms with van der Waals surface area (Å²) in [5.41, 5.74) is 3.72. The highest BCUT2D eigenvalue weighted by molar-refractivity contribution is 9.10. The zero-order valence-electron chi connectivity index (χ0n) is 16.4. The Morgan fingerprint density at radius 2 is 1.32 bits per heavy atom. The van der Waals surface area contributed by atoms with Gasteiger partial charge in [-0.2, -0.15) is 0 Å². The Labute approximate surface area is 187 Å². The summed E-state index contributed by atoms with van der Waals surface area (Å²) in [6, 6.07) is 30.7. The third-order valence-corrected chi connectivity index (χ3v) is 5.26. The molecule has 0 unspecified atom stereocenters. The van der Waals surface area contributed by atoms with Gasteiger partial charge in [-0.15, -0.1) is 0 Å². The summed E-state index contributed by atoms with van der Waals surface area (Å²) in [6.45, 7) is 0. The maximum Gasteiger partial charge on any atom is 0.278 e. The number of nitrogens with one attached hydrogen (secondary N) is 1. The lowest BCUT2D eigenvalue weighted by molar-refractivity contribution is -0.385. The highest BCUT2D eigenvalue weighted by Crippen LogP contribution is 2.24. The van der Waals surface area contributed by atoms with E-state index in [-0.39, 0.29) is 5.69 Å². The zero-order chi connectivity index (χ0) is 21.6. The number of H-pyrrole nitrogens is 1. The van der Waals surface area contributed by atoms with Gasteiger partial charge in [0.05, 0.1) is 16.2 Å². The SMILES string of the molecule is O=[N+]([O-])c1ccccc1/C=N\c1ccc(Br)cc1.c1ccc2c(c1)[nH]c1ccccc12. The van der Waals surface area contributed by atoms with E-state index in [0.717, 1.165) is 10.2 Å². The Bertz CT molecular complexity index is 1320. The molecule has 1 heterocycles. The van der Waals surface area contributed by atoms with Gasteiger partial charge in [-0.1, -0.05) is 64.5 Å². The van der Waals surface area contributed by atoms with Crippen molar-refractivity contribution in [2.24, 2.45) is 4.99 Å². The van der Waals surface area contributed by atoms with Crippen LogP contribution >= 0.6 is 15.9 Å². The van der Waals surface area contributed by atoms with Crippen molar-refractivity contribution in [3.63, 3.8) is 0 Å². The first-order valence-corrected chi connectivity index (χ1v) is 10.4. The molecule has 1 N–H and O–H groups in total. The average Bonchev–Trinajstić information content (AvgIpc) is 3.18. The number of halogens is 1. The summed E-state index contributed by atoms with van der Waals surface area (Å²) < 4.78 is 0.965. The highest BCUT2D eigenvalue weighted by Gasteiger charge is 2.09. The van der Waals surface area contributed by atoms with Crippen molar-refractivity contribution < 1.29 is 4.92 Å². The minimum Gasteiger partial charge on any atom is -0.355 e. The lowest BCUT2D eigenvalue weighted by atomic mass is 10.2. The van der Waals surface area contributed by atoms with E-state index in [0.29, 0.717) is 5.56 Å². The number of rotatable bonds is 3. The van der Waals surface area contributed by atoms with Crippen LogP contribution in [-0.2, 0) is 0 Å². The Hall–Kier alpha value is -3.77. The van der Waals surface area contributed by atoms with Gasteiger partial charge in [0.15, 0.2) is 0 Å². The van der Waals surface area contributed by atoms with Crippen LogP contribution in [0.5, 0.6) is 0 Å². The van der Waals surface area contributed by atoms with E-state index in [1.807, 2.05) is 24.3 Å². The van der Waals surface area contributed by atoms with E-state index < -0.39 is 4.92 Å². The largest absolute Gasteiger partial charge is 0.355 e. The Balaban J connectivity index is 0.000000156. The highest BCUT2D eigenvalue weighted by atomic mass is 79.9. The maximum absolute atomic E-state index is 10.8. The third kappa shape index (κ3) is 4.87. The molecule has 0 bridgehead atoms. The first-order valence-electron chi connectivity index (χ1n) is 9.60. The maximum atomic E-state index is 10.8. The van der Waals surface area contributed by atoms with Crippen LogP contribution in [0, 0.1) is 10.1 Å². The van der Waals surface area contributed by atoms with Crippen molar-refractivity contribution >= 4 is 55.3 Å². The number of hydrogen-bond donors (Lipinski definition) is 1. The van der Waals surface area contributed by atoms with Crippen LogP contribution in [0.4, 0.5) is 11.4 Å². The van der Waals surface area contributed by atoms with Crippen LogP contribution < -0.4 is 0 Å². The fourth-order valence-corrected chi connectivity index (χ4v) is 3.50. The van der Waals surface area contributed by atoms with Crippen molar-refractivity contribution in [2.45, 2.75) is 0 Å². The second kappa shape index (κ2) is 9.36. The van der Waals surface area contributed by atoms with Gasteiger partial charge in [0.1, 0.15) is 0 Å². The van der Waals surface area contributed by atoms with Crippen molar-refractivity contribution in [2.75, 3.05) is 0 Å². The van der Waals surface area contributed by atoms with Gasteiger partial charge in [-0.05, 0) is 42.5 Å². The van der Waals surface area contributed by atoms with E-state index in [1.165, 1.54) is 34.1 Å². The van der Waals surface area contributed by atoms with Crippen LogP contribution in [-0.4, -0.2) is 16.1 Å². The van der Waals surface area contributed by atoms with Gasteiger partial charge < -0.3 is 4.98 Å². The second-order valence-corrected chi connectivity index (χ2v) is 7.68. The normalized spacial score (nSPS) is 10.9. The molecule has 0 radical (unpaired) electrons. The van der Waals surface area contributed by atoms with Crippen LogP contribution in [0.1, 0.15) is 5.56 Å². The molecular formula is C25H18BrN3O2. The number of hydrogen-bond acceptors (Lipinski definition) is 3. The van der Waals surface area contributed by atoms with Crippen LogP contribution in [0.15, 0.2) is 107 Å². The van der Waals surface area contributed by atoms with Crippen molar-refractivity contribution in [3.05, 3.63) is 117 Å². The molecule has 5 nitrogen and oxygen atoms in total. The number of nitro groups is 1. The fourth-order valence-electron chi connectivity index (χ4n) is 3.23. The minimum absolute atomic E-state index is 0.0540.